The van der Waals surface area contributed by atoms with Gasteiger partial charge in [-0.25, -0.2) is 4.98 Å². The second kappa shape index (κ2) is 6.70. The maximum Gasteiger partial charge on any atom is 0.224 e. The molecule has 2 heterocycles. The predicted molar refractivity (Wildman–Crippen MR) is 74.5 cm³/mol. The SMILES string of the molecule is CC(C)Cn1ccnc1CNC(=O)C1CCCNC1. The van der Waals surface area contributed by atoms with Crippen LogP contribution in [0, 0.1) is 11.8 Å². The van der Waals surface area contributed by atoms with Crippen molar-refractivity contribution in [1.29, 1.82) is 0 Å². The molecule has 0 bridgehead atoms. The molecule has 2 N–H and O–H groups in total. The second-order valence-electron chi connectivity index (χ2n) is 5.65. The zero-order valence-corrected chi connectivity index (χ0v) is 11.9. The normalized spacial score (nSPS) is 19.6. The van der Waals surface area contributed by atoms with Crippen molar-refractivity contribution in [3.8, 4) is 0 Å². The second-order valence-corrected chi connectivity index (χ2v) is 5.65. The number of carbonyl (C=O) groups excluding carboxylic acids is 1. The number of aromatic nitrogens is 2. The molecule has 0 radical (unpaired) electrons. The zero-order chi connectivity index (χ0) is 13.7. The molecular formula is C14H24N4O. The first-order valence-electron chi connectivity index (χ1n) is 7.15. The zero-order valence-electron chi connectivity index (χ0n) is 11.9. The molecule has 0 spiro atoms. The number of piperidine rings is 1. The topological polar surface area (TPSA) is 59.0 Å². The van der Waals surface area contributed by atoms with Crippen LogP contribution in [0.25, 0.3) is 0 Å². The van der Waals surface area contributed by atoms with Gasteiger partial charge in [-0.3, -0.25) is 4.79 Å². The number of carbonyl (C=O) groups is 1. The van der Waals surface area contributed by atoms with Gasteiger partial charge in [0.05, 0.1) is 12.5 Å². The molecule has 1 amide bonds. The van der Waals surface area contributed by atoms with Gasteiger partial charge in [0.1, 0.15) is 5.82 Å². The monoisotopic (exact) mass is 264 g/mol. The van der Waals surface area contributed by atoms with E-state index in [1.54, 1.807) is 6.20 Å². The Morgan fingerprint density at radius 3 is 3.16 bits per heavy atom. The minimum atomic E-state index is 0.113. The van der Waals surface area contributed by atoms with Gasteiger partial charge in [0, 0.05) is 25.5 Å². The summed E-state index contributed by atoms with van der Waals surface area (Å²) in [6.07, 6.45) is 5.84. The maximum absolute atomic E-state index is 12.0. The van der Waals surface area contributed by atoms with Gasteiger partial charge in [0.15, 0.2) is 0 Å². The first kappa shape index (κ1) is 14.1. The third-order valence-corrected chi connectivity index (χ3v) is 3.45. The van der Waals surface area contributed by atoms with E-state index in [1.165, 1.54) is 0 Å². The average Bonchev–Trinajstić information content (AvgIpc) is 2.83. The van der Waals surface area contributed by atoms with Gasteiger partial charge >= 0.3 is 0 Å². The molecule has 0 saturated carbocycles. The summed E-state index contributed by atoms with van der Waals surface area (Å²) in [7, 11) is 0. The number of hydrogen-bond donors (Lipinski definition) is 2. The van der Waals surface area contributed by atoms with Crippen molar-refractivity contribution in [1.82, 2.24) is 20.2 Å². The molecule has 2 rings (SSSR count). The minimum Gasteiger partial charge on any atom is -0.349 e. The molecule has 19 heavy (non-hydrogen) atoms. The van der Waals surface area contributed by atoms with Crippen LogP contribution in [0.3, 0.4) is 0 Å². The lowest BCUT2D eigenvalue weighted by atomic mass is 9.99. The van der Waals surface area contributed by atoms with Crippen LogP contribution in [0.5, 0.6) is 0 Å². The highest BCUT2D eigenvalue weighted by Gasteiger charge is 2.20. The maximum atomic E-state index is 12.0. The molecule has 1 aliphatic rings. The first-order chi connectivity index (χ1) is 9.16. The Hall–Kier alpha value is -1.36. The van der Waals surface area contributed by atoms with E-state index < -0.39 is 0 Å². The van der Waals surface area contributed by atoms with Crippen LogP contribution in [0.15, 0.2) is 12.4 Å². The molecule has 0 aliphatic carbocycles. The number of imidazole rings is 1. The lowest BCUT2D eigenvalue weighted by Crippen LogP contribution is -2.40. The van der Waals surface area contributed by atoms with Gasteiger partial charge in [-0.05, 0) is 25.3 Å². The number of amides is 1. The van der Waals surface area contributed by atoms with E-state index in [-0.39, 0.29) is 11.8 Å². The largest absolute Gasteiger partial charge is 0.349 e. The number of nitrogens with one attached hydrogen (secondary N) is 2. The summed E-state index contributed by atoms with van der Waals surface area (Å²) in [6, 6.07) is 0. The van der Waals surface area contributed by atoms with Gasteiger partial charge < -0.3 is 15.2 Å². The van der Waals surface area contributed by atoms with Crippen molar-refractivity contribution in [3.63, 3.8) is 0 Å². The minimum absolute atomic E-state index is 0.113. The van der Waals surface area contributed by atoms with E-state index in [0.29, 0.717) is 12.5 Å². The summed E-state index contributed by atoms with van der Waals surface area (Å²) in [5.74, 6) is 1.77. The Bertz CT molecular complexity index is 407. The lowest BCUT2D eigenvalue weighted by molar-refractivity contribution is -0.125. The van der Waals surface area contributed by atoms with E-state index in [2.05, 4.69) is 34.0 Å². The Morgan fingerprint density at radius 2 is 2.47 bits per heavy atom. The summed E-state index contributed by atoms with van der Waals surface area (Å²) in [5, 5.41) is 6.27. The van der Waals surface area contributed by atoms with Crippen molar-refractivity contribution >= 4 is 5.91 Å². The highest BCUT2D eigenvalue weighted by Crippen LogP contribution is 2.10. The summed E-state index contributed by atoms with van der Waals surface area (Å²) < 4.78 is 2.12. The molecular weight excluding hydrogens is 240 g/mol. The van der Waals surface area contributed by atoms with Gasteiger partial charge in [0.2, 0.25) is 5.91 Å². The Balaban J connectivity index is 1.84. The highest BCUT2D eigenvalue weighted by atomic mass is 16.1. The molecule has 5 nitrogen and oxygen atoms in total. The van der Waals surface area contributed by atoms with Crippen LogP contribution in [0.1, 0.15) is 32.5 Å². The third-order valence-electron chi connectivity index (χ3n) is 3.45. The van der Waals surface area contributed by atoms with Crippen LogP contribution in [0.2, 0.25) is 0 Å². The highest BCUT2D eigenvalue weighted by molar-refractivity contribution is 5.78. The third kappa shape index (κ3) is 4.06. The Labute approximate surface area is 114 Å². The van der Waals surface area contributed by atoms with Gasteiger partial charge in [-0.15, -0.1) is 0 Å². The van der Waals surface area contributed by atoms with E-state index in [4.69, 9.17) is 0 Å². The Morgan fingerprint density at radius 1 is 1.63 bits per heavy atom. The van der Waals surface area contributed by atoms with Crippen LogP contribution in [-0.4, -0.2) is 28.5 Å². The van der Waals surface area contributed by atoms with E-state index in [1.807, 2.05) is 6.20 Å². The number of nitrogens with zero attached hydrogens (tertiary/aromatic N) is 2. The van der Waals surface area contributed by atoms with E-state index in [0.717, 1.165) is 38.3 Å². The van der Waals surface area contributed by atoms with Crippen LogP contribution < -0.4 is 10.6 Å². The van der Waals surface area contributed by atoms with E-state index >= 15 is 0 Å². The van der Waals surface area contributed by atoms with Crippen molar-refractivity contribution in [2.75, 3.05) is 13.1 Å². The van der Waals surface area contributed by atoms with E-state index in [9.17, 15) is 4.79 Å². The van der Waals surface area contributed by atoms with Gasteiger partial charge in [0.25, 0.3) is 0 Å². The predicted octanol–water partition coefficient (Wildman–Crippen LogP) is 1.15. The molecule has 1 unspecified atom stereocenters. The molecule has 106 valence electrons. The van der Waals surface area contributed by atoms with Crippen molar-refractivity contribution in [2.24, 2.45) is 11.8 Å². The summed E-state index contributed by atoms with van der Waals surface area (Å²) in [4.78, 5) is 16.4. The molecule has 1 fully saturated rings. The van der Waals surface area contributed by atoms with Crippen LogP contribution in [-0.2, 0) is 17.9 Å². The van der Waals surface area contributed by atoms with Gasteiger partial charge in [-0.2, -0.15) is 0 Å². The quantitative estimate of drug-likeness (QED) is 0.839. The Kier molecular flexibility index (Phi) is 4.96. The summed E-state index contributed by atoms with van der Waals surface area (Å²) in [6.45, 7) is 7.65. The molecule has 1 atom stereocenters. The molecule has 1 aromatic rings. The first-order valence-corrected chi connectivity index (χ1v) is 7.15. The lowest BCUT2D eigenvalue weighted by Gasteiger charge is -2.22. The molecule has 1 saturated heterocycles. The van der Waals surface area contributed by atoms with Crippen LogP contribution >= 0.6 is 0 Å². The smallest absolute Gasteiger partial charge is 0.224 e. The number of rotatable bonds is 5. The molecule has 5 heteroatoms. The summed E-state index contributed by atoms with van der Waals surface area (Å²) >= 11 is 0. The number of hydrogen-bond acceptors (Lipinski definition) is 3. The summed E-state index contributed by atoms with van der Waals surface area (Å²) in [5.41, 5.74) is 0. The molecule has 1 aliphatic heterocycles. The molecule has 0 aromatic carbocycles. The van der Waals surface area contributed by atoms with Crippen LogP contribution in [0.4, 0.5) is 0 Å². The fraction of sp³-hybridized carbons (Fsp3) is 0.714. The van der Waals surface area contributed by atoms with Crippen molar-refractivity contribution < 1.29 is 4.79 Å². The fourth-order valence-electron chi connectivity index (χ4n) is 2.45. The average molecular weight is 264 g/mol. The molecule has 1 aromatic heterocycles. The van der Waals surface area contributed by atoms with Gasteiger partial charge in [-0.1, -0.05) is 13.8 Å². The van der Waals surface area contributed by atoms with Crippen molar-refractivity contribution in [2.45, 2.75) is 39.8 Å². The van der Waals surface area contributed by atoms with Crippen molar-refractivity contribution in [3.05, 3.63) is 18.2 Å². The standard InChI is InChI=1S/C14H24N4O/c1-11(2)10-18-7-6-16-13(18)9-17-14(19)12-4-3-5-15-8-12/h6-7,11-12,15H,3-5,8-10H2,1-2H3,(H,17,19). The fourth-order valence-corrected chi connectivity index (χ4v) is 2.45.